The summed E-state index contributed by atoms with van der Waals surface area (Å²) < 4.78 is 5.27. The number of ether oxygens (including phenoxy) is 1. The highest BCUT2D eigenvalue weighted by molar-refractivity contribution is 6.30. The number of benzene rings is 1. The van der Waals surface area contributed by atoms with Crippen molar-refractivity contribution in [1.29, 1.82) is 0 Å². The number of nitrogens with zero attached hydrogens (tertiary/aromatic N) is 2. The highest BCUT2D eigenvalue weighted by Gasteiger charge is 2.21. The molecule has 0 spiro atoms. The number of esters is 1. The van der Waals surface area contributed by atoms with E-state index in [0.29, 0.717) is 22.2 Å². The molecular formula is C21H15ClN2O3. The van der Waals surface area contributed by atoms with Crippen molar-refractivity contribution in [2.45, 2.75) is 6.42 Å². The van der Waals surface area contributed by atoms with E-state index in [1.807, 2.05) is 0 Å². The van der Waals surface area contributed by atoms with Gasteiger partial charge in [-0.15, -0.1) is 0 Å². The molecule has 1 aromatic heterocycles. The highest BCUT2D eigenvalue weighted by Crippen LogP contribution is 2.19. The second-order valence-corrected chi connectivity index (χ2v) is 5.98. The van der Waals surface area contributed by atoms with Crippen LogP contribution in [0.4, 0.5) is 5.82 Å². The summed E-state index contributed by atoms with van der Waals surface area (Å²) in [6.07, 6.45) is 6.38. The van der Waals surface area contributed by atoms with E-state index in [1.54, 1.807) is 66.9 Å². The van der Waals surface area contributed by atoms with Crippen molar-refractivity contribution in [2.75, 3.05) is 11.4 Å². The van der Waals surface area contributed by atoms with Crippen LogP contribution in [0.2, 0.25) is 5.02 Å². The average molecular weight is 379 g/mol. The molecule has 0 bridgehead atoms. The fraction of sp³-hybridized carbons (Fsp3) is 0.0952. The average Bonchev–Trinajstić information content (AvgIpc) is 2.69. The van der Waals surface area contributed by atoms with Crippen LogP contribution in [0.1, 0.15) is 6.42 Å². The summed E-state index contributed by atoms with van der Waals surface area (Å²) in [6.45, 7) is 0.119. The van der Waals surface area contributed by atoms with Gasteiger partial charge >= 0.3 is 5.97 Å². The van der Waals surface area contributed by atoms with E-state index in [2.05, 4.69) is 16.4 Å². The Bertz CT molecular complexity index is 985. The summed E-state index contributed by atoms with van der Waals surface area (Å²) in [5.41, 5.74) is 5.94. The van der Waals surface area contributed by atoms with Crippen molar-refractivity contribution in [3.05, 3.63) is 88.9 Å². The van der Waals surface area contributed by atoms with Crippen molar-refractivity contribution in [2.24, 2.45) is 0 Å². The number of carbonyl (C=O) groups is 2. The highest BCUT2D eigenvalue weighted by atomic mass is 35.5. The summed E-state index contributed by atoms with van der Waals surface area (Å²) >= 11 is 5.89. The maximum absolute atomic E-state index is 12.8. The van der Waals surface area contributed by atoms with Crippen molar-refractivity contribution in [3.63, 3.8) is 0 Å². The molecule has 0 aliphatic heterocycles. The van der Waals surface area contributed by atoms with E-state index in [0.717, 1.165) is 0 Å². The fourth-order valence-corrected chi connectivity index (χ4v) is 2.57. The van der Waals surface area contributed by atoms with E-state index in [1.165, 1.54) is 4.90 Å². The molecule has 0 radical (unpaired) electrons. The first-order valence-corrected chi connectivity index (χ1v) is 8.58. The van der Waals surface area contributed by atoms with Crippen LogP contribution < -0.4 is 9.64 Å². The summed E-state index contributed by atoms with van der Waals surface area (Å²) in [7, 11) is 0. The largest absolute Gasteiger partial charge is 0.426 e. The monoisotopic (exact) mass is 378 g/mol. The molecule has 1 amide bonds. The van der Waals surface area contributed by atoms with Crippen molar-refractivity contribution in [3.8, 4) is 5.75 Å². The van der Waals surface area contributed by atoms with E-state index < -0.39 is 5.97 Å². The number of allylic oxidation sites excluding steroid dienone is 2. The standard InChI is InChI=1S/C21H15ClN2O3/c22-17-9-6-10-18(15-17)27-20(25)12-14-24(19-11-4-5-13-23-19)21(26)16-7-2-1-3-8-16/h2,4-11,13,15H,12,14H2. The van der Waals surface area contributed by atoms with Crippen LogP contribution in [0, 0.1) is 0 Å². The van der Waals surface area contributed by atoms with Crippen LogP contribution in [0.15, 0.2) is 83.9 Å². The lowest BCUT2D eigenvalue weighted by Crippen LogP contribution is -2.35. The number of hydrogen-bond acceptors (Lipinski definition) is 4. The van der Waals surface area contributed by atoms with E-state index in [4.69, 9.17) is 16.3 Å². The molecule has 0 fully saturated rings. The number of halogens is 1. The Balaban J connectivity index is 1.71. The van der Waals surface area contributed by atoms with Crippen LogP contribution in [-0.2, 0) is 9.59 Å². The number of aromatic nitrogens is 1. The van der Waals surface area contributed by atoms with Gasteiger partial charge in [-0.1, -0.05) is 35.2 Å². The van der Waals surface area contributed by atoms with Gasteiger partial charge in [0.1, 0.15) is 11.6 Å². The third-order valence-corrected chi connectivity index (χ3v) is 3.88. The lowest BCUT2D eigenvalue weighted by Gasteiger charge is -2.21. The van der Waals surface area contributed by atoms with Gasteiger partial charge in [0.05, 0.1) is 6.42 Å². The van der Waals surface area contributed by atoms with Crippen LogP contribution in [0.25, 0.3) is 0 Å². The molecule has 2 aromatic rings. The first-order chi connectivity index (χ1) is 13.1. The zero-order valence-corrected chi connectivity index (χ0v) is 15.0. The summed E-state index contributed by atoms with van der Waals surface area (Å²) in [4.78, 5) is 30.7. The van der Waals surface area contributed by atoms with Gasteiger partial charge in [-0.2, -0.15) is 0 Å². The third-order valence-electron chi connectivity index (χ3n) is 3.64. The zero-order chi connectivity index (χ0) is 19.1. The number of pyridine rings is 1. The molecular weight excluding hydrogens is 364 g/mol. The first kappa shape index (κ1) is 18.4. The molecule has 0 N–H and O–H groups in total. The van der Waals surface area contributed by atoms with Gasteiger partial charge in [0.15, 0.2) is 0 Å². The molecule has 5 nitrogen and oxygen atoms in total. The molecule has 1 aliphatic carbocycles. The number of amides is 1. The molecule has 1 heterocycles. The van der Waals surface area contributed by atoms with Crippen LogP contribution >= 0.6 is 11.6 Å². The van der Waals surface area contributed by atoms with Crippen LogP contribution in [0.5, 0.6) is 5.75 Å². The first-order valence-electron chi connectivity index (χ1n) is 8.20. The molecule has 6 heteroatoms. The number of hydrogen-bond donors (Lipinski definition) is 0. The normalized spacial score (nSPS) is 11.8. The van der Waals surface area contributed by atoms with Crippen molar-refractivity contribution < 1.29 is 14.3 Å². The maximum Gasteiger partial charge on any atom is 0.312 e. The number of anilines is 1. The zero-order valence-electron chi connectivity index (χ0n) is 14.3. The minimum Gasteiger partial charge on any atom is -0.426 e. The molecule has 1 aromatic carbocycles. The Morgan fingerprint density at radius 2 is 2.04 bits per heavy atom. The summed E-state index contributed by atoms with van der Waals surface area (Å²) in [5, 5.41) is 0.475. The molecule has 0 unspecified atom stereocenters. The summed E-state index contributed by atoms with van der Waals surface area (Å²) in [5.74, 6) is 0.0516. The third kappa shape index (κ3) is 5.06. The Morgan fingerprint density at radius 1 is 1.15 bits per heavy atom. The van der Waals surface area contributed by atoms with Gasteiger partial charge in [0.25, 0.3) is 5.91 Å². The Hall–Kier alpha value is -3.36. The number of rotatable bonds is 6. The van der Waals surface area contributed by atoms with Gasteiger partial charge < -0.3 is 4.74 Å². The SMILES string of the molecule is O=C(CCN(C(=O)C1=CC=C=C=C1)c1ccccn1)Oc1cccc(Cl)c1. The molecule has 27 heavy (non-hydrogen) atoms. The van der Waals surface area contributed by atoms with Crippen molar-refractivity contribution in [1.82, 2.24) is 4.98 Å². The second-order valence-electron chi connectivity index (χ2n) is 5.55. The van der Waals surface area contributed by atoms with Gasteiger partial charge in [-0.25, -0.2) is 4.98 Å². The van der Waals surface area contributed by atoms with Gasteiger partial charge in [0.2, 0.25) is 0 Å². The van der Waals surface area contributed by atoms with Gasteiger partial charge in [-0.05, 0) is 42.5 Å². The fourth-order valence-electron chi connectivity index (χ4n) is 2.39. The minimum absolute atomic E-state index is 0.00248. The van der Waals surface area contributed by atoms with E-state index >= 15 is 0 Å². The van der Waals surface area contributed by atoms with E-state index in [9.17, 15) is 9.59 Å². The topological polar surface area (TPSA) is 59.5 Å². The smallest absolute Gasteiger partial charge is 0.312 e. The maximum atomic E-state index is 12.8. The van der Waals surface area contributed by atoms with E-state index in [-0.39, 0.29) is 18.9 Å². The van der Waals surface area contributed by atoms with Crippen LogP contribution in [0.3, 0.4) is 0 Å². The molecule has 134 valence electrons. The van der Waals surface area contributed by atoms with Gasteiger partial charge in [-0.3, -0.25) is 14.5 Å². The Labute approximate surface area is 161 Å². The minimum atomic E-state index is -0.473. The second kappa shape index (κ2) is 8.84. The Kier molecular flexibility index (Phi) is 6.03. The lowest BCUT2D eigenvalue weighted by molar-refractivity contribution is -0.134. The quantitative estimate of drug-likeness (QED) is 0.435. The molecule has 0 saturated heterocycles. The predicted octanol–water partition coefficient (Wildman–Crippen LogP) is 3.87. The summed E-state index contributed by atoms with van der Waals surface area (Å²) in [6, 6.07) is 11.8. The molecule has 3 rings (SSSR count). The van der Waals surface area contributed by atoms with Gasteiger partial charge in [0, 0.05) is 29.4 Å². The Morgan fingerprint density at radius 3 is 2.74 bits per heavy atom. The van der Waals surface area contributed by atoms with Crippen LogP contribution in [-0.4, -0.2) is 23.4 Å². The van der Waals surface area contributed by atoms with Crippen molar-refractivity contribution >= 4 is 29.3 Å². The molecule has 1 aliphatic rings. The molecule has 0 atom stereocenters. The number of carbonyl (C=O) groups excluding carboxylic acids is 2. The molecule has 0 saturated carbocycles. The predicted molar refractivity (Wildman–Crippen MR) is 103 cm³/mol. The lowest BCUT2D eigenvalue weighted by atomic mass is 10.1.